The highest BCUT2D eigenvalue weighted by molar-refractivity contribution is 7.89. The SMILES string of the molecule is COc1cc(C)c(S(=O)(=O)NCCCn2cccc2)c(C)c1. The van der Waals surface area contributed by atoms with Crippen molar-refractivity contribution in [2.75, 3.05) is 13.7 Å². The molecule has 2 rings (SSSR count). The Kier molecular flexibility index (Phi) is 5.26. The van der Waals surface area contributed by atoms with Gasteiger partial charge in [-0.15, -0.1) is 0 Å². The van der Waals surface area contributed by atoms with Crippen LogP contribution in [0.4, 0.5) is 0 Å². The molecule has 0 aliphatic rings. The van der Waals surface area contributed by atoms with Gasteiger partial charge in [-0.2, -0.15) is 0 Å². The maximum Gasteiger partial charge on any atom is 0.241 e. The summed E-state index contributed by atoms with van der Waals surface area (Å²) in [5.41, 5.74) is 1.38. The van der Waals surface area contributed by atoms with Crippen LogP contribution < -0.4 is 9.46 Å². The number of nitrogens with zero attached hydrogens (tertiary/aromatic N) is 1. The average molecular weight is 322 g/mol. The minimum Gasteiger partial charge on any atom is -0.497 e. The minimum absolute atomic E-state index is 0.342. The molecule has 5 nitrogen and oxygen atoms in total. The monoisotopic (exact) mass is 322 g/mol. The van der Waals surface area contributed by atoms with E-state index < -0.39 is 10.0 Å². The van der Waals surface area contributed by atoms with Gasteiger partial charge in [0.25, 0.3) is 0 Å². The topological polar surface area (TPSA) is 60.3 Å². The largest absolute Gasteiger partial charge is 0.497 e. The predicted octanol–water partition coefficient (Wildman–Crippen LogP) is 2.48. The molecule has 2 aromatic rings. The fraction of sp³-hybridized carbons (Fsp3) is 0.375. The molecule has 22 heavy (non-hydrogen) atoms. The van der Waals surface area contributed by atoms with Crippen LogP contribution in [0, 0.1) is 13.8 Å². The first-order chi connectivity index (χ1) is 10.4. The van der Waals surface area contributed by atoms with E-state index in [0.717, 1.165) is 13.0 Å². The summed E-state index contributed by atoms with van der Waals surface area (Å²) in [6, 6.07) is 7.38. The van der Waals surface area contributed by atoms with Crippen molar-refractivity contribution in [3.05, 3.63) is 47.8 Å². The molecule has 1 aromatic heterocycles. The number of hydrogen-bond donors (Lipinski definition) is 1. The summed E-state index contributed by atoms with van der Waals surface area (Å²) in [7, 11) is -1.93. The van der Waals surface area contributed by atoms with Gasteiger partial charge in [-0.25, -0.2) is 13.1 Å². The molecule has 0 atom stereocenters. The van der Waals surface area contributed by atoms with E-state index in [1.165, 1.54) is 0 Å². The van der Waals surface area contributed by atoms with Crippen LogP contribution in [-0.4, -0.2) is 26.6 Å². The smallest absolute Gasteiger partial charge is 0.241 e. The quantitative estimate of drug-likeness (QED) is 0.797. The van der Waals surface area contributed by atoms with E-state index >= 15 is 0 Å². The van der Waals surface area contributed by atoms with Crippen molar-refractivity contribution in [3.8, 4) is 5.75 Å². The van der Waals surface area contributed by atoms with E-state index in [0.29, 0.717) is 28.3 Å². The third-order valence-corrected chi connectivity index (χ3v) is 5.26. The summed E-state index contributed by atoms with van der Waals surface area (Å²) < 4.78 is 34.8. The average Bonchev–Trinajstić information content (AvgIpc) is 2.95. The lowest BCUT2D eigenvalue weighted by atomic mass is 10.1. The van der Waals surface area contributed by atoms with Crippen LogP contribution in [-0.2, 0) is 16.6 Å². The second-order valence-electron chi connectivity index (χ2n) is 5.26. The molecule has 0 saturated carbocycles. The van der Waals surface area contributed by atoms with E-state index in [4.69, 9.17) is 4.74 Å². The summed E-state index contributed by atoms with van der Waals surface area (Å²) in [5.74, 6) is 0.668. The zero-order chi connectivity index (χ0) is 16.2. The Morgan fingerprint density at radius 2 is 1.73 bits per heavy atom. The first-order valence-corrected chi connectivity index (χ1v) is 8.68. The Morgan fingerprint density at radius 3 is 2.27 bits per heavy atom. The number of hydrogen-bond acceptors (Lipinski definition) is 3. The first-order valence-electron chi connectivity index (χ1n) is 7.19. The molecule has 0 spiro atoms. The second kappa shape index (κ2) is 6.98. The van der Waals surface area contributed by atoms with E-state index in [2.05, 4.69) is 4.72 Å². The highest BCUT2D eigenvalue weighted by atomic mass is 32.2. The summed E-state index contributed by atoms with van der Waals surface area (Å²) in [4.78, 5) is 0.342. The van der Waals surface area contributed by atoms with Crippen molar-refractivity contribution in [1.82, 2.24) is 9.29 Å². The minimum atomic E-state index is -3.50. The van der Waals surface area contributed by atoms with Crippen molar-refractivity contribution in [3.63, 3.8) is 0 Å². The van der Waals surface area contributed by atoms with Crippen LogP contribution >= 0.6 is 0 Å². The predicted molar refractivity (Wildman–Crippen MR) is 86.7 cm³/mol. The third kappa shape index (κ3) is 3.90. The lowest BCUT2D eigenvalue weighted by Crippen LogP contribution is -2.27. The van der Waals surface area contributed by atoms with Gasteiger partial charge < -0.3 is 9.30 Å². The Labute approximate surface area is 132 Å². The number of benzene rings is 1. The molecule has 0 saturated heterocycles. The molecule has 1 N–H and O–H groups in total. The maximum atomic E-state index is 12.5. The normalized spacial score (nSPS) is 11.6. The van der Waals surface area contributed by atoms with Gasteiger partial charge in [0.2, 0.25) is 10.0 Å². The second-order valence-corrected chi connectivity index (χ2v) is 6.97. The molecule has 0 amide bonds. The molecule has 0 unspecified atom stereocenters. The molecule has 1 aromatic carbocycles. The van der Waals surface area contributed by atoms with E-state index in [1.54, 1.807) is 33.1 Å². The van der Waals surface area contributed by atoms with Crippen LogP contribution in [0.25, 0.3) is 0 Å². The Balaban J connectivity index is 2.04. The third-order valence-electron chi connectivity index (χ3n) is 3.49. The number of nitrogens with one attached hydrogen (secondary N) is 1. The number of methoxy groups -OCH3 is 1. The van der Waals surface area contributed by atoms with Gasteiger partial charge in [-0.1, -0.05) is 0 Å². The first kappa shape index (κ1) is 16.6. The van der Waals surface area contributed by atoms with Crippen molar-refractivity contribution in [2.45, 2.75) is 31.7 Å². The van der Waals surface area contributed by atoms with Crippen LogP contribution in [0.1, 0.15) is 17.5 Å². The molecule has 1 heterocycles. The molecule has 0 aliphatic carbocycles. The van der Waals surface area contributed by atoms with E-state index in [-0.39, 0.29) is 0 Å². The van der Waals surface area contributed by atoms with E-state index in [1.807, 2.05) is 29.1 Å². The van der Waals surface area contributed by atoms with Crippen LogP contribution in [0.5, 0.6) is 5.75 Å². The summed E-state index contributed by atoms with van der Waals surface area (Å²) in [6.07, 6.45) is 4.67. The fourth-order valence-corrected chi connectivity index (χ4v) is 4.03. The summed E-state index contributed by atoms with van der Waals surface area (Å²) in [6.45, 7) is 4.76. The Morgan fingerprint density at radius 1 is 1.14 bits per heavy atom. The Bertz CT molecular complexity index is 699. The summed E-state index contributed by atoms with van der Waals surface area (Å²) >= 11 is 0. The molecule has 6 heteroatoms. The van der Waals surface area contributed by atoms with Gasteiger partial charge in [-0.3, -0.25) is 0 Å². The summed E-state index contributed by atoms with van der Waals surface area (Å²) in [5, 5.41) is 0. The zero-order valence-corrected chi connectivity index (χ0v) is 14.0. The van der Waals surface area contributed by atoms with Crippen molar-refractivity contribution >= 4 is 10.0 Å². The fourth-order valence-electron chi connectivity index (χ4n) is 2.51. The van der Waals surface area contributed by atoms with Crippen LogP contribution in [0.15, 0.2) is 41.6 Å². The molecule has 0 aliphatic heterocycles. The maximum absolute atomic E-state index is 12.5. The van der Waals surface area contributed by atoms with Crippen LogP contribution in [0.3, 0.4) is 0 Å². The lowest BCUT2D eigenvalue weighted by Gasteiger charge is -2.13. The number of aryl methyl sites for hydroxylation is 3. The molecule has 0 radical (unpaired) electrons. The standard InChI is InChI=1S/C16H22N2O3S/c1-13-11-15(21-3)12-14(2)16(13)22(19,20)17-7-6-10-18-8-4-5-9-18/h4-5,8-9,11-12,17H,6-7,10H2,1-3H3. The lowest BCUT2D eigenvalue weighted by molar-refractivity contribution is 0.413. The van der Waals surface area contributed by atoms with E-state index in [9.17, 15) is 8.42 Å². The molecule has 0 bridgehead atoms. The van der Waals surface area contributed by atoms with Gasteiger partial charge in [0.15, 0.2) is 0 Å². The molecular formula is C16H22N2O3S. The number of aromatic nitrogens is 1. The van der Waals surface area contributed by atoms with Crippen molar-refractivity contribution in [2.24, 2.45) is 0 Å². The highest BCUT2D eigenvalue weighted by Gasteiger charge is 2.19. The van der Waals surface area contributed by atoms with Gasteiger partial charge in [0, 0.05) is 25.5 Å². The van der Waals surface area contributed by atoms with Gasteiger partial charge >= 0.3 is 0 Å². The number of ether oxygens (including phenoxy) is 1. The van der Waals surface area contributed by atoms with Crippen molar-refractivity contribution in [1.29, 1.82) is 0 Å². The molecule has 0 fully saturated rings. The number of sulfonamides is 1. The van der Waals surface area contributed by atoms with Crippen LogP contribution in [0.2, 0.25) is 0 Å². The van der Waals surface area contributed by atoms with Crippen molar-refractivity contribution < 1.29 is 13.2 Å². The zero-order valence-electron chi connectivity index (χ0n) is 13.2. The van der Waals surface area contributed by atoms with Gasteiger partial charge in [0.1, 0.15) is 5.75 Å². The van der Waals surface area contributed by atoms with Gasteiger partial charge in [0.05, 0.1) is 12.0 Å². The molecule has 120 valence electrons. The molecular weight excluding hydrogens is 300 g/mol. The van der Waals surface area contributed by atoms with Gasteiger partial charge in [-0.05, 0) is 55.7 Å². The Hall–Kier alpha value is -1.79. The number of rotatable bonds is 7. The highest BCUT2D eigenvalue weighted by Crippen LogP contribution is 2.25.